The first kappa shape index (κ1) is 21.2. The van der Waals surface area contributed by atoms with Gasteiger partial charge in [0.25, 0.3) is 0 Å². The molecular formula is C24H30N4O3. The van der Waals surface area contributed by atoms with Crippen LogP contribution in [0, 0.1) is 0 Å². The predicted octanol–water partition coefficient (Wildman–Crippen LogP) is 3.57. The van der Waals surface area contributed by atoms with Crippen molar-refractivity contribution < 1.29 is 14.3 Å². The van der Waals surface area contributed by atoms with Gasteiger partial charge in [0.15, 0.2) is 0 Å². The molecule has 2 fully saturated rings. The second-order valence-corrected chi connectivity index (χ2v) is 8.32. The van der Waals surface area contributed by atoms with E-state index in [1.165, 1.54) is 0 Å². The molecule has 0 bridgehead atoms. The number of amides is 2. The van der Waals surface area contributed by atoms with Crippen LogP contribution in [-0.4, -0.2) is 48.4 Å². The number of pyridine rings is 1. The second-order valence-electron chi connectivity index (χ2n) is 8.32. The molecule has 1 saturated heterocycles. The Bertz CT molecular complexity index is 938. The lowest BCUT2D eigenvalue weighted by Crippen LogP contribution is -2.51. The van der Waals surface area contributed by atoms with Gasteiger partial charge in [0.05, 0.1) is 12.5 Å². The number of carbonyl (C=O) groups excluding carboxylic acids is 2. The van der Waals surface area contributed by atoms with Crippen LogP contribution in [0.1, 0.15) is 44.1 Å². The van der Waals surface area contributed by atoms with Crippen molar-refractivity contribution in [2.75, 3.05) is 31.3 Å². The normalized spacial score (nSPS) is 19.8. The van der Waals surface area contributed by atoms with Crippen molar-refractivity contribution in [3.63, 3.8) is 0 Å². The third-order valence-electron chi connectivity index (χ3n) is 6.58. The standard InChI is InChI=1S/C24H30N4O3/c1-25-20-8-5-9-21(26-20)27-22(29)19-7-6-16-28(19)23(30)24(14-3-4-15-24)17-10-12-18(31-2)13-11-17/h5,8-13,19H,3-4,6-7,14-16H2,1-2H3,(H2,25,26,27,29)/t19-/m1/s1. The van der Waals surface area contributed by atoms with Crippen molar-refractivity contribution in [2.24, 2.45) is 0 Å². The van der Waals surface area contributed by atoms with Crippen molar-refractivity contribution >= 4 is 23.5 Å². The van der Waals surface area contributed by atoms with E-state index in [0.29, 0.717) is 24.6 Å². The fourth-order valence-electron chi connectivity index (χ4n) is 4.92. The Hall–Kier alpha value is -3.09. The van der Waals surface area contributed by atoms with Crippen LogP contribution < -0.4 is 15.4 Å². The Kier molecular flexibility index (Phi) is 6.11. The molecule has 1 atom stereocenters. The molecule has 2 aliphatic rings. The van der Waals surface area contributed by atoms with Gasteiger partial charge in [-0.3, -0.25) is 9.59 Å². The molecule has 4 rings (SSSR count). The Morgan fingerprint density at radius 2 is 1.77 bits per heavy atom. The van der Waals surface area contributed by atoms with E-state index in [9.17, 15) is 9.59 Å². The quantitative estimate of drug-likeness (QED) is 0.744. The van der Waals surface area contributed by atoms with E-state index in [0.717, 1.165) is 43.4 Å². The summed E-state index contributed by atoms with van der Waals surface area (Å²) in [6.07, 6.45) is 5.16. The van der Waals surface area contributed by atoms with Gasteiger partial charge < -0.3 is 20.3 Å². The van der Waals surface area contributed by atoms with Gasteiger partial charge in [-0.25, -0.2) is 4.98 Å². The monoisotopic (exact) mass is 422 g/mol. The van der Waals surface area contributed by atoms with Gasteiger partial charge in [0.1, 0.15) is 23.4 Å². The van der Waals surface area contributed by atoms with Crippen molar-refractivity contribution in [2.45, 2.75) is 50.0 Å². The molecule has 1 aliphatic heterocycles. The fourth-order valence-corrected chi connectivity index (χ4v) is 4.92. The Morgan fingerprint density at radius 3 is 2.45 bits per heavy atom. The fraction of sp³-hybridized carbons (Fsp3) is 0.458. The zero-order valence-corrected chi connectivity index (χ0v) is 18.2. The molecule has 31 heavy (non-hydrogen) atoms. The summed E-state index contributed by atoms with van der Waals surface area (Å²) in [5.41, 5.74) is 0.463. The number of ether oxygens (including phenoxy) is 1. The number of benzene rings is 1. The zero-order chi connectivity index (χ0) is 21.8. The number of hydrogen-bond donors (Lipinski definition) is 2. The van der Waals surface area contributed by atoms with E-state index < -0.39 is 11.5 Å². The minimum atomic E-state index is -0.556. The molecule has 7 heteroatoms. The van der Waals surface area contributed by atoms with Gasteiger partial charge in [-0.05, 0) is 55.5 Å². The predicted molar refractivity (Wildman–Crippen MR) is 120 cm³/mol. The van der Waals surface area contributed by atoms with Gasteiger partial charge in [0.2, 0.25) is 11.8 Å². The maximum atomic E-state index is 13.9. The second kappa shape index (κ2) is 8.96. The third-order valence-corrected chi connectivity index (χ3v) is 6.58. The molecule has 0 spiro atoms. The maximum Gasteiger partial charge on any atom is 0.248 e. The number of hydrogen-bond acceptors (Lipinski definition) is 5. The molecule has 1 aromatic heterocycles. The Morgan fingerprint density at radius 1 is 1.06 bits per heavy atom. The molecular weight excluding hydrogens is 392 g/mol. The summed E-state index contributed by atoms with van der Waals surface area (Å²) in [4.78, 5) is 33.1. The molecule has 1 aliphatic carbocycles. The SMILES string of the molecule is CNc1cccc(NC(=O)[C@H]2CCCN2C(=O)C2(c3ccc(OC)cc3)CCCC2)n1. The minimum absolute atomic E-state index is 0.0738. The minimum Gasteiger partial charge on any atom is -0.497 e. The average molecular weight is 423 g/mol. The summed E-state index contributed by atoms with van der Waals surface area (Å²) in [6, 6.07) is 12.8. The summed E-state index contributed by atoms with van der Waals surface area (Å²) < 4.78 is 5.29. The third kappa shape index (κ3) is 4.09. The number of anilines is 2. The highest BCUT2D eigenvalue weighted by atomic mass is 16.5. The van der Waals surface area contributed by atoms with Gasteiger partial charge in [0, 0.05) is 13.6 Å². The van der Waals surface area contributed by atoms with Crippen molar-refractivity contribution in [3.8, 4) is 5.75 Å². The lowest BCUT2D eigenvalue weighted by Gasteiger charge is -2.35. The van der Waals surface area contributed by atoms with Crippen molar-refractivity contribution in [1.82, 2.24) is 9.88 Å². The summed E-state index contributed by atoms with van der Waals surface area (Å²) in [6.45, 7) is 0.610. The molecule has 164 valence electrons. The van der Waals surface area contributed by atoms with Gasteiger partial charge in [-0.1, -0.05) is 31.0 Å². The molecule has 2 amide bonds. The smallest absolute Gasteiger partial charge is 0.248 e. The van der Waals surface area contributed by atoms with Crippen LogP contribution in [0.2, 0.25) is 0 Å². The molecule has 1 aromatic carbocycles. The first-order valence-corrected chi connectivity index (χ1v) is 11.0. The average Bonchev–Trinajstić information content (AvgIpc) is 3.49. The van der Waals surface area contributed by atoms with E-state index in [1.807, 2.05) is 36.4 Å². The molecule has 0 unspecified atom stereocenters. The van der Waals surface area contributed by atoms with Gasteiger partial charge in [-0.15, -0.1) is 0 Å². The number of carbonyl (C=O) groups is 2. The number of likely N-dealkylation sites (tertiary alicyclic amines) is 1. The lowest BCUT2D eigenvalue weighted by atomic mass is 9.77. The van der Waals surface area contributed by atoms with Gasteiger partial charge >= 0.3 is 0 Å². The summed E-state index contributed by atoms with van der Waals surface area (Å²) in [7, 11) is 3.42. The molecule has 1 saturated carbocycles. The molecule has 2 N–H and O–H groups in total. The highest BCUT2D eigenvalue weighted by molar-refractivity contribution is 5.99. The highest BCUT2D eigenvalue weighted by Crippen LogP contribution is 2.44. The van der Waals surface area contributed by atoms with Crippen LogP contribution in [0.15, 0.2) is 42.5 Å². The van der Waals surface area contributed by atoms with E-state index >= 15 is 0 Å². The largest absolute Gasteiger partial charge is 0.497 e. The van der Waals surface area contributed by atoms with Crippen molar-refractivity contribution in [3.05, 3.63) is 48.0 Å². The zero-order valence-electron chi connectivity index (χ0n) is 18.2. The molecule has 7 nitrogen and oxygen atoms in total. The number of nitrogens with one attached hydrogen (secondary N) is 2. The highest BCUT2D eigenvalue weighted by Gasteiger charge is 2.48. The molecule has 0 radical (unpaired) electrons. The van der Waals surface area contributed by atoms with Crippen LogP contribution in [-0.2, 0) is 15.0 Å². The summed E-state index contributed by atoms with van der Waals surface area (Å²) in [5.74, 6) is 1.85. The number of rotatable bonds is 6. The van der Waals surface area contributed by atoms with Crippen LogP contribution >= 0.6 is 0 Å². The summed E-state index contributed by atoms with van der Waals surface area (Å²) in [5, 5.41) is 5.87. The Balaban J connectivity index is 1.56. The lowest BCUT2D eigenvalue weighted by molar-refractivity contribution is -0.141. The van der Waals surface area contributed by atoms with E-state index in [4.69, 9.17) is 4.74 Å². The van der Waals surface area contributed by atoms with Crippen molar-refractivity contribution in [1.29, 1.82) is 0 Å². The first-order valence-electron chi connectivity index (χ1n) is 11.0. The Labute approximate surface area is 183 Å². The van der Waals surface area contributed by atoms with Crippen LogP contribution in [0.5, 0.6) is 5.75 Å². The molecule has 2 heterocycles. The van der Waals surface area contributed by atoms with E-state index in [2.05, 4.69) is 15.6 Å². The molecule has 2 aromatic rings. The number of methoxy groups -OCH3 is 1. The maximum absolute atomic E-state index is 13.9. The number of nitrogens with zero attached hydrogens (tertiary/aromatic N) is 2. The van der Waals surface area contributed by atoms with Crippen LogP contribution in [0.3, 0.4) is 0 Å². The van der Waals surface area contributed by atoms with Gasteiger partial charge in [-0.2, -0.15) is 0 Å². The van der Waals surface area contributed by atoms with Crippen LogP contribution in [0.25, 0.3) is 0 Å². The van der Waals surface area contributed by atoms with E-state index in [1.54, 1.807) is 25.1 Å². The van der Waals surface area contributed by atoms with Crippen LogP contribution in [0.4, 0.5) is 11.6 Å². The van der Waals surface area contributed by atoms with E-state index in [-0.39, 0.29) is 11.8 Å². The topological polar surface area (TPSA) is 83.6 Å². The first-order chi connectivity index (χ1) is 15.1. The summed E-state index contributed by atoms with van der Waals surface area (Å²) >= 11 is 0. The number of aromatic nitrogens is 1.